The number of fused-ring (bicyclic) bond motifs is 1. The molecular weight excluding hydrogens is 216 g/mol. The average molecular weight is 232 g/mol. The molecule has 0 spiro atoms. The third-order valence-corrected chi connectivity index (χ3v) is 4.02. The first-order chi connectivity index (χ1) is 8.20. The molecule has 1 saturated heterocycles. The van der Waals surface area contributed by atoms with Crippen LogP contribution in [0.1, 0.15) is 37.2 Å². The van der Waals surface area contributed by atoms with Crippen LogP contribution in [-0.4, -0.2) is 16.9 Å². The molecule has 90 valence electrons. The van der Waals surface area contributed by atoms with Crippen molar-refractivity contribution in [2.24, 2.45) is 5.92 Å². The van der Waals surface area contributed by atoms with Crippen LogP contribution >= 0.6 is 0 Å². The summed E-state index contributed by atoms with van der Waals surface area (Å²) in [7, 11) is 0. The summed E-state index contributed by atoms with van der Waals surface area (Å²) in [6.07, 6.45) is 3.17. The Morgan fingerprint density at radius 2 is 2.00 bits per heavy atom. The summed E-state index contributed by atoms with van der Waals surface area (Å²) in [5.41, 5.74) is 1.06. The Kier molecular flexibility index (Phi) is 2.44. The van der Waals surface area contributed by atoms with Gasteiger partial charge in [0.2, 0.25) is 5.79 Å². The van der Waals surface area contributed by atoms with Crippen molar-refractivity contribution in [1.82, 2.24) is 0 Å². The third kappa shape index (κ3) is 1.65. The molecule has 2 aliphatic rings. The van der Waals surface area contributed by atoms with E-state index in [-0.39, 0.29) is 17.8 Å². The van der Waals surface area contributed by atoms with Gasteiger partial charge in [0.05, 0.1) is 6.42 Å². The highest BCUT2D eigenvalue weighted by Gasteiger charge is 2.55. The van der Waals surface area contributed by atoms with Gasteiger partial charge in [-0.15, -0.1) is 0 Å². The Morgan fingerprint density at radius 1 is 1.24 bits per heavy atom. The zero-order valence-electron chi connectivity index (χ0n) is 9.63. The summed E-state index contributed by atoms with van der Waals surface area (Å²) < 4.78 is 5.24. The van der Waals surface area contributed by atoms with Crippen molar-refractivity contribution in [2.75, 3.05) is 0 Å². The zero-order chi connectivity index (χ0) is 11.9. The highest BCUT2D eigenvalue weighted by molar-refractivity contribution is 5.73. The lowest BCUT2D eigenvalue weighted by Crippen LogP contribution is -2.44. The molecule has 3 rings (SSSR count). The fourth-order valence-electron chi connectivity index (χ4n) is 3.19. The lowest BCUT2D eigenvalue weighted by atomic mass is 9.73. The number of ether oxygens (including phenoxy) is 1. The van der Waals surface area contributed by atoms with Gasteiger partial charge >= 0.3 is 5.97 Å². The van der Waals surface area contributed by atoms with Gasteiger partial charge < -0.3 is 9.84 Å². The lowest BCUT2D eigenvalue weighted by Gasteiger charge is -2.39. The van der Waals surface area contributed by atoms with Gasteiger partial charge in [0, 0.05) is 11.8 Å². The van der Waals surface area contributed by atoms with E-state index in [1.165, 1.54) is 0 Å². The second kappa shape index (κ2) is 3.84. The van der Waals surface area contributed by atoms with Crippen molar-refractivity contribution < 1.29 is 14.6 Å². The SMILES string of the molecule is O=C1C[C@@H]2CCC[C@H](c3ccccc3)[C@@]2(O)O1. The van der Waals surface area contributed by atoms with Gasteiger partial charge in [-0.2, -0.15) is 0 Å². The summed E-state index contributed by atoms with van der Waals surface area (Å²) in [5, 5.41) is 10.7. The van der Waals surface area contributed by atoms with Crippen molar-refractivity contribution in [3.05, 3.63) is 35.9 Å². The fourth-order valence-corrected chi connectivity index (χ4v) is 3.19. The molecule has 3 nitrogen and oxygen atoms in total. The Bertz CT molecular complexity index is 428. The van der Waals surface area contributed by atoms with Gasteiger partial charge in [0.1, 0.15) is 0 Å². The van der Waals surface area contributed by atoms with Gasteiger partial charge in [0.25, 0.3) is 0 Å². The normalized spacial score (nSPS) is 36.4. The summed E-state index contributed by atoms with van der Waals surface area (Å²) >= 11 is 0. The highest BCUT2D eigenvalue weighted by atomic mass is 16.7. The molecule has 0 amide bonds. The second-order valence-corrected chi connectivity index (χ2v) is 5.02. The minimum Gasteiger partial charge on any atom is -0.432 e. The van der Waals surface area contributed by atoms with Gasteiger partial charge in [-0.25, -0.2) is 0 Å². The van der Waals surface area contributed by atoms with E-state index in [0.29, 0.717) is 6.42 Å². The largest absolute Gasteiger partial charge is 0.432 e. The zero-order valence-corrected chi connectivity index (χ0v) is 9.63. The molecule has 0 aromatic heterocycles. The first-order valence-corrected chi connectivity index (χ1v) is 6.19. The van der Waals surface area contributed by atoms with Gasteiger partial charge in [-0.1, -0.05) is 36.8 Å². The number of hydrogen-bond acceptors (Lipinski definition) is 3. The quantitative estimate of drug-likeness (QED) is 0.755. The Labute approximate surface area is 100 Å². The van der Waals surface area contributed by atoms with Gasteiger partial charge in [0.15, 0.2) is 0 Å². The topological polar surface area (TPSA) is 46.5 Å². The minimum absolute atomic E-state index is 0.0334. The van der Waals surface area contributed by atoms with Crippen LogP contribution in [0.4, 0.5) is 0 Å². The van der Waals surface area contributed by atoms with Crippen molar-refractivity contribution in [1.29, 1.82) is 0 Å². The van der Waals surface area contributed by atoms with E-state index in [0.717, 1.165) is 24.8 Å². The van der Waals surface area contributed by atoms with Gasteiger partial charge in [-0.05, 0) is 18.4 Å². The van der Waals surface area contributed by atoms with Crippen molar-refractivity contribution in [3.63, 3.8) is 0 Å². The van der Waals surface area contributed by atoms with Crippen LogP contribution in [0.2, 0.25) is 0 Å². The molecule has 0 bridgehead atoms. The summed E-state index contributed by atoms with van der Waals surface area (Å²) in [6, 6.07) is 9.86. The van der Waals surface area contributed by atoms with Crippen LogP contribution in [0.3, 0.4) is 0 Å². The van der Waals surface area contributed by atoms with Gasteiger partial charge in [-0.3, -0.25) is 4.79 Å². The molecule has 1 aliphatic carbocycles. The van der Waals surface area contributed by atoms with Crippen LogP contribution in [0.25, 0.3) is 0 Å². The summed E-state index contributed by atoms with van der Waals surface area (Å²) in [4.78, 5) is 11.4. The van der Waals surface area contributed by atoms with Crippen molar-refractivity contribution in [3.8, 4) is 0 Å². The first kappa shape index (κ1) is 10.8. The van der Waals surface area contributed by atoms with E-state index >= 15 is 0 Å². The maximum Gasteiger partial charge on any atom is 0.308 e. The van der Waals surface area contributed by atoms with E-state index in [1.54, 1.807) is 0 Å². The molecule has 1 aromatic rings. The van der Waals surface area contributed by atoms with Crippen LogP contribution in [0, 0.1) is 5.92 Å². The van der Waals surface area contributed by atoms with Crippen LogP contribution < -0.4 is 0 Å². The Morgan fingerprint density at radius 3 is 2.76 bits per heavy atom. The molecule has 1 heterocycles. The molecular formula is C14H16O3. The van der Waals surface area contributed by atoms with Crippen LogP contribution in [0.15, 0.2) is 30.3 Å². The Balaban J connectivity index is 1.97. The lowest BCUT2D eigenvalue weighted by molar-refractivity contribution is -0.221. The molecule has 3 atom stereocenters. The molecule has 1 aliphatic heterocycles. The highest BCUT2D eigenvalue weighted by Crippen LogP contribution is 2.49. The smallest absolute Gasteiger partial charge is 0.308 e. The molecule has 17 heavy (non-hydrogen) atoms. The van der Waals surface area contributed by atoms with Crippen molar-refractivity contribution in [2.45, 2.75) is 37.4 Å². The predicted octanol–water partition coefficient (Wildman–Crippen LogP) is 2.21. The third-order valence-electron chi connectivity index (χ3n) is 4.02. The second-order valence-electron chi connectivity index (χ2n) is 5.02. The van der Waals surface area contributed by atoms with Crippen molar-refractivity contribution >= 4 is 5.97 Å². The maximum atomic E-state index is 11.4. The molecule has 1 saturated carbocycles. The molecule has 3 heteroatoms. The van der Waals surface area contributed by atoms with E-state index in [1.807, 2.05) is 30.3 Å². The molecule has 0 unspecified atom stereocenters. The van der Waals surface area contributed by atoms with Crippen LogP contribution in [-0.2, 0) is 9.53 Å². The van der Waals surface area contributed by atoms with E-state index in [9.17, 15) is 9.90 Å². The Hall–Kier alpha value is -1.35. The summed E-state index contributed by atoms with van der Waals surface area (Å²) in [5.74, 6) is -1.64. The van der Waals surface area contributed by atoms with Crippen LogP contribution in [0.5, 0.6) is 0 Å². The van der Waals surface area contributed by atoms with E-state index < -0.39 is 5.79 Å². The number of carbonyl (C=O) groups is 1. The molecule has 0 radical (unpaired) electrons. The molecule has 1 aromatic carbocycles. The number of carbonyl (C=O) groups excluding carboxylic acids is 1. The number of aliphatic hydroxyl groups is 1. The number of benzene rings is 1. The fraction of sp³-hybridized carbons (Fsp3) is 0.500. The standard InChI is InChI=1S/C14H16O3/c15-13-9-11-7-4-8-12(14(11,16)17-13)10-5-2-1-3-6-10/h1-3,5-6,11-12,16H,4,7-9H2/t11-,12+,14-/m0/s1. The average Bonchev–Trinajstić information content (AvgIpc) is 2.63. The maximum absolute atomic E-state index is 11.4. The monoisotopic (exact) mass is 232 g/mol. The predicted molar refractivity (Wildman–Crippen MR) is 62.2 cm³/mol. The van der Waals surface area contributed by atoms with E-state index in [2.05, 4.69) is 0 Å². The number of hydrogen-bond donors (Lipinski definition) is 1. The number of esters is 1. The number of rotatable bonds is 1. The molecule has 1 N–H and O–H groups in total. The molecule has 2 fully saturated rings. The first-order valence-electron chi connectivity index (χ1n) is 6.19. The summed E-state index contributed by atoms with van der Waals surface area (Å²) in [6.45, 7) is 0. The van der Waals surface area contributed by atoms with E-state index in [4.69, 9.17) is 4.74 Å². The minimum atomic E-state index is -1.27.